The van der Waals surface area contributed by atoms with Crippen LogP contribution in [0.2, 0.25) is 0 Å². The van der Waals surface area contributed by atoms with Crippen LogP contribution in [-0.4, -0.2) is 0 Å². The van der Waals surface area contributed by atoms with E-state index in [9.17, 15) is 17.6 Å². The summed E-state index contributed by atoms with van der Waals surface area (Å²) in [6.45, 7) is 1.76. The van der Waals surface area contributed by atoms with E-state index >= 15 is 0 Å². The Bertz CT molecular complexity index is 605. The first kappa shape index (κ1) is 14.4. The minimum absolute atomic E-state index is 0.0130. The van der Waals surface area contributed by atoms with Gasteiger partial charge in [0.15, 0.2) is 0 Å². The number of hydrogen-bond acceptors (Lipinski definition) is 1. The van der Waals surface area contributed by atoms with Gasteiger partial charge in [0.2, 0.25) is 0 Å². The Morgan fingerprint density at radius 1 is 1.05 bits per heavy atom. The molecular weight excluding hydrogens is 270 g/mol. The molecule has 0 amide bonds. The zero-order valence-electron chi connectivity index (χ0n) is 10.8. The standard InChI is InChI=1S/C15H13F4N/c1-10-6-7-11(8-13(10)16)9-20-14-5-3-2-4-12(14)15(17,18)19/h2-8,20H,9H2,1H3. The molecule has 0 saturated carbocycles. The van der Waals surface area contributed by atoms with Crippen molar-refractivity contribution in [3.05, 3.63) is 65.0 Å². The van der Waals surface area contributed by atoms with Crippen LogP contribution in [0.4, 0.5) is 23.2 Å². The van der Waals surface area contributed by atoms with Crippen molar-refractivity contribution < 1.29 is 17.6 Å². The van der Waals surface area contributed by atoms with Crippen LogP contribution in [0.25, 0.3) is 0 Å². The lowest BCUT2D eigenvalue weighted by Gasteiger charge is -2.14. The molecule has 2 rings (SSSR count). The lowest BCUT2D eigenvalue weighted by atomic mass is 10.1. The molecule has 106 valence electrons. The van der Waals surface area contributed by atoms with Crippen LogP contribution in [0.1, 0.15) is 16.7 Å². The van der Waals surface area contributed by atoms with Crippen LogP contribution in [-0.2, 0) is 12.7 Å². The summed E-state index contributed by atoms with van der Waals surface area (Å²) < 4.78 is 51.7. The highest BCUT2D eigenvalue weighted by Crippen LogP contribution is 2.34. The molecule has 0 spiro atoms. The number of halogens is 4. The number of anilines is 1. The largest absolute Gasteiger partial charge is 0.418 e. The van der Waals surface area contributed by atoms with E-state index in [1.165, 1.54) is 24.3 Å². The molecular formula is C15H13F4N. The molecule has 0 fully saturated rings. The van der Waals surface area contributed by atoms with Gasteiger partial charge in [-0.05, 0) is 36.2 Å². The van der Waals surface area contributed by atoms with Gasteiger partial charge < -0.3 is 5.32 Å². The number of hydrogen-bond donors (Lipinski definition) is 1. The van der Waals surface area contributed by atoms with E-state index in [0.717, 1.165) is 6.07 Å². The third-order valence-corrected chi connectivity index (χ3v) is 2.95. The Balaban J connectivity index is 2.17. The van der Waals surface area contributed by atoms with Gasteiger partial charge in [0.25, 0.3) is 0 Å². The summed E-state index contributed by atoms with van der Waals surface area (Å²) in [5.74, 6) is -0.367. The van der Waals surface area contributed by atoms with E-state index in [4.69, 9.17) is 0 Å². The van der Waals surface area contributed by atoms with Crippen LogP contribution in [0.5, 0.6) is 0 Å². The SMILES string of the molecule is Cc1ccc(CNc2ccccc2C(F)(F)F)cc1F. The molecule has 5 heteroatoms. The van der Waals surface area contributed by atoms with Gasteiger partial charge in [-0.25, -0.2) is 4.39 Å². The molecule has 0 aliphatic heterocycles. The highest BCUT2D eigenvalue weighted by Gasteiger charge is 2.32. The van der Waals surface area contributed by atoms with Crippen molar-refractivity contribution in [1.29, 1.82) is 0 Å². The average Bonchev–Trinajstić information content (AvgIpc) is 2.39. The third kappa shape index (κ3) is 3.29. The number of para-hydroxylation sites is 1. The molecule has 0 radical (unpaired) electrons. The molecule has 0 saturated heterocycles. The molecule has 20 heavy (non-hydrogen) atoms. The Morgan fingerprint density at radius 3 is 2.40 bits per heavy atom. The molecule has 0 unspecified atom stereocenters. The maximum atomic E-state index is 13.4. The lowest BCUT2D eigenvalue weighted by Crippen LogP contribution is -2.10. The number of nitrogens with one attached hydrogen (secondary N) is 1. The fraction of sp³-hybridized carbons (Fsp3) is 0.200. The van der Waals surface area contributed by atoms with Crippen LogP contribution >= 0.6 is 0 Å². The molecule has 0 aliphatic carbocycles. The predicted octanol–water partition coefficient (Wildman–Crippen LogP) is 4.77. The molecule has 0 bridgehead atoms. The first-order valence-electron chi connectivity index (χ1n) is 6.03. The number of benzene rings is 2. The second-order valence-corrected chi connectivity index (χ2v) is 4.48. The van der Waals surface area contributed by atoms with Gasteiger partial charge >= 0.3 is 6.18 Å². The van der Waals surface area contributed by atoms with Gasteiger partial charge in [0.05, 0.1) is 5.56 Å². The third-order valence-electron chi connectivity index (χ3n) is 2.95. The first-order valence-corrected chi connectivity index (χ1v) is 6.03. The molecule has 1 N–H and O–H groups in total. The topological polar surface area (TPSA) is 12.0 Å². The van der Waals surface area contributed by atoms with Crippen molar-refractivity contribution in [2.24, 2.45) is 0 Å². The summed E-state index contributed by atoms with van der Waals surface area (Å²) in [6, 6.07) is 9.82. The minimum Gasteiger partial charge on any atom is -0.380 e. The Hall–Kier alpha value is -2.04. The summed E-state index contributed by atoms with van der Waals surface area (Å²) in [6.07, 6.45) is -4.41. The second kappa shape index (κ2) is 5.53. The summed E-state index contributed by atoms with van der Waals surface area (Å²) in [4.78, 5) is 0. The second-order valence-electron chi connectivity index (χ2n) is 4.48. The van der Waals surface area contributed by atoms with Gasteiger partial charge in [-0.2, -0.15) is 13.2 Å². The minimum atomic E-state index is -4.41. The average molecular weight is 283 g/mol. The van der Waals surface area contributed by atoms with Crippen LogP contribution in [0.15, 0.2) is 42.5 Å². The van der Waals surface area contributed by atoms with Gasteiger partial charge in [-0.3, -0.25) is 0 Å². The smallest absolute Gasteiger partial charge is 0.380 e. The van der Waals surface area contributed by atoms with Gasteiger partial charge in [0, 0.05) is 12.2 Å². The molecule has 2 aromatic rings. The first-order chi connectivity index (χ1) is 9.38. The number of rotatable bonds is 3. The fourth-order valence-corrected chi connectivity index (χ4v) is 1.83. The fourth-order valence-electron chi connectivity index (χ4n) is 1.83. The maximum Gasteiger partial charge on any atom is 0.418 e. The summed E-state index contributed by atoms with van der Waals surface area (Å²) in [5, 5.41) is 2.70. The van der Waals surface area contributed by atoms with Crippen molar-refractivity contribution in [3.63, 3.8) is 0 Å². The molecule has 0 aromatic heterocycles. The quantitative estimate of drug-likeness (QED) is 0.800. The van der Waals surface area contributed by atoms with Gasteiger partial charge in [-0.1, -0.05) is 24.3 Å². The van der Waals surface area contributed by atoms with Crippen molar-refractivity contribution >= 4 is 5.69 Å². The normalized spacial score (nSPS) is 11.4. The van der Waals surface area contributed by atoms with Crippen molar-refractivity contribution in [2.45, 2.75) is 19.6 Å². The van der Waals surface area contributed by atoms with E-state index in [0.29, 0.717) is 11.1 Å². The molecule has 2 aromatic carbocycles. The molecule has 1 nitrogen and oxygen atoms in total. The van der Waals surface area contributed by atoms with E-state index in [2.05, 4.69) is 5.32 Å². The van der Waals surface area contributed by atoms with Crippen LogP contribution in [0, 0.1) is 12.7 Å². The maximum absolute atomic E-state index is 13.4. The van der Waals surface area contributed by atoms with Gasteiger partial charge in [-0.15, -0.1) is 0 Å². The lowest BCUT2D eigenvalue weighted by molar-refractivity contribution is -0.136. The van der Waals surface area contributed by atoms with Gasteiger partial charge in [0.1, 0.15) is 5.82 Å². The Labute approximate surface area is 114 Å². The number of alkyl halides is 3. The van der Waals surface area contributed by atoms with Crippen molar-refractivity contribution in [1.82, 2.24) is 0 Å². The molecule has 0 heterocycles. The van der Waals surface area contributed by atoms with E-state index in [-0.39, 0.29) is 18.0 Å². The molecule has 0 aliphatic rings. The Kier molecular flexibility index (Phi) is 3.97. The summed E-state index contributed by atoms with van der Waals surface area (Å²) >= 11 is 0. The summed E-state index contributed by atoms with van der Waals surface area (Å²) in [5.41, 5.74) is 0.350. The highest BCUT2D eigenvalue weighted by atomic mass is 19.4. The molecule has 0 atom stereocenters. The van der Waals surface area contributed by atoms with Crippen molar-refractivity contribution in [2.75, 3.05) is 5.32 Å². The van der Waals surface area contributed by atoms with Crippen LogP contribution in [0.3, 0.4) is 0 Å². The van der Waals surface area contributed by atoms with E-state index in [1.807, 2.05) is 0 Å². The zero-order valence-corrected chi connectivity index (χ0v) is 10.8. The zero-order chi connectivity index (χ0) is 14.8. The highest BCUT2D eigenvalue weighted by molar-refractivity contribution is 5.52. The number of aryl methyl sites for hydroxylation is 1. The Morgan fingerprint density at radius 2 is 1.75 bits per heavy atom. The monoisotopic (exact) mass is 283 g/mol. The van der Waals surface area contributed by atoms with E-state index < -0.39 is 11.7 Å². The van der Waals surface area contributed by atoms with Crippen LogP contribution < -0.4 is 5.32 Å². The van der Waals surface area contributed by atoms with E-state index in [1.54, 1.807) is 19.1 Å². The summed E-state index contributed by atoms with van der Waals surface area (Å²) in [7, 11) is 0. The van der Waals surface area contributed by atoms with Crippen molar-refractivity contribution in [3.8, 4) is 0 Å². The predicted molar refractivity (Wildman–Crippen MR) is 69.9 cm³/mol.